The van der Waals surface area contributed by atoms with Crippen LogP contribution in [-0.2, 0) is 0 Å². The summed E-state index contributed by atoms with van der Waals surface area (Å²) in [5, 5.41) is 0. The van der Waals surface area contributed by atoms with Crippen LogP contribution in [0.5, 0.6) is 5.75 Å². The zero-order valence-electron chi connectivity index (χ0n) is 9.37. The highest BCUT2D eigenvalue weighted by Gasteiger charge is 2.10. The average molecular weight is 193 g/mol. The van der Waals surface area contributed by atoms with Crippen LogP contribution in [0.1, 0.15) is 25.0 Å². The van der Waals surface area contributed by atoms with Gasteiger partial charge in [-0.3, -0.25) is 0 Å². The molecule has 78 valence electrons. The number of ether oxygens (including phenoxy) is 1. The van der Waals surface area contributed by atoms with Crippen molar-refractivity contribution in [2.24, 2.45) is 5.73 Å². The van der Waals surface area contributed by atoms with Crippen molar-refractivity contribution in [2.75, 3.05) is 0 Å². The van der Waals surface area contributed by atoms with Gasteiger partial charge >= 0.3 is 0 Å². The summed E-state index contributed by atoms with van der Waals surface area (Å²) in [7, 11) is 0. The highest BCUT2D eigenvalue weighted by molar-refractivity contribution is 5.36. The molecule has 0 aromatic heterocycles. The monoisotopic (exact) mass is 193 g/mol. The summed E-state index contributed by atoms with van der Waals surface area (Å²) in [6.07, 6.45) is 0.0514. The molecule has 0 bridgehead atoms. The maximum absolute atomic E-state index is 5.76. The molecule has 0 heterocycles. The fourth-order valence-electron chi connectivity index (χ4n) is 1.14. The van der Waals surface area contributed by atoms with Crippen molar-refractivity contribution >= 4 is 0 Å². The summed E-state index contributed by atoms with van der Waals surface area (Å²) >= 11 is 0. The van der Waals surface area contributed by atoms with Gasteiger partial charge in [-0.15, -0.1) is 0 Å². The Morgan fingerprint density at radius 3 is 2.43 bits per heavy atom. The van der Waals surface area contributed by atoms with Crippen molar-refractivity contribution in [3.63, 3.8) is 0 Å². The lowest BCUT2D eigenvalue weighted by atomic mass is 10.1. The van der Waals surface area contributed by atoms with Gasteiger partial charge in [0.2, 0.25) is 0 Å². The van der Waals surface area contributed by atoms with Crippen LogP contribution >= 0.6 is 0 Å². The van der Waals surface area contributed by atoms with E-state index in [4.69, 9.17) is 10.5 Å². The molecular formula is C12H19NO. The molecule has 0 aliphatic carbocycles. The first-order valence-electron chi connectivity index (χ1n) is 5.00. The molecule has 0 spiro atoms. The second-order valence-electron chi connectivity index (χ2n) is 3.95. The van der Waals surface area contributed by atoms with Gasteiger partial charge in [0.1, 0.15) is 11.9 Å². The molecule has 2 nitrogen and oxygen atoms in total. The van der Waals surface area contributed by atoms with E-state index >= 15 is 0 Å². The van der Waals surface area contributed by atoms with E-state index < -0.39 is 0 Å². The van der Waals surface area contributed by atoms with Gasteiger partial charge in [-0.25, -0.2) is 0 Å². The van der Waals surface area contributed by atoms with Crippen molar-refractivity contribution in [1.82, 2.24) is 0 Å². The molecule has 0 aliphatic rings. The van der Waals surface area contributed by atoms with Gasteiger partial charge in [0, 0.05) is 6.04 Å². The van der Waals surface area contributed by atoms with E-state index in [2.05, 4.69) is 19.1 Å². The maximum atomic E-state index is 5.76. The molecule has 1 aromatic carbocycles. The van der Waals surface area contributed by atoms with E-state index in [-0.39, 0.29) is 12.1 Å². The Morgan fingerprint density at radius 2 is 1.86 bits per heavy atom. The molecule has 2 N–H and O–H groups in total. The van der Waals surface area contributed by atoms with Crippen LogP contribution in [0.2, 0.25) is 0 Å². The molecule has 1 rings (SSSR count). The minimum absolute atomic E-state index is 0.0508. The van der Waals surface area contributed by atoms with Crippen LogP contribution in [-0.4, -0.2) is 12.1 Å². The van der Waals surface area contributed by atoms with Crippen LogP contribution in [0.25, 0.3) is 0 Å². The Labute approximate surface area is 86.1 Å². The zero-order valence-corrected chi connectivity index (χ0v) is 9.37. The molecule has 1 unspecified atom stereocenters. The third-order valence-corrected chi connectivity index (χ3v) is 2.40. The van der Waals surface area contributed by atoms with Gasteiger partial charge in [-0.1, -0.05) is 12.1 Å². The number of hydrogen-bond donors (Lipinski definition) is 1. The predicted octanol–water partition coefficient (Wildman–Crippen LogP) is 2.42. The molecule has 0 amide bonds. The summed E-state index contributed by atoms with van der Waals surface area (Å²) in [5.74, 6) is 0.940. The maximum Gasteiger partial charge on any atom is 0.122 e. The third kappa shape index (κ3) is 2.74. The highest BCUT2D eigenvalue weighted by atomic mass is 16.5. The molecule has 0 radical (unpaired) electrons. The molecule has 1 aromatic rings. The Hall–Kier alpha value is -1.02. The van der Waals surface area contributed by atoms with Crippen LogP contribution in [0.3, 0.4) is 0 Å². The fourth-order valence-corrected chi connectivity index (χ4v) is 1.14. The normalized spacial score (nSPS) is 14.9. The average Bonchev–Trinajstić information content (AvgIpc) is 2.11. The number of benzene rings is 1. The largest absolute Gasteiger partial charge is 0.489 e. The van der Waals surface area contributed by atoms with Crippen molar-refractivity contribution in [3.05, 3.63) is 29.3 Å². The number of rotatable bonds is 3. The van der Waals surface area contributed by atoms with Crippen molar-refractivity contribution in [2.45, 2.75) is 39.8 Å². The SMILES string of the molecule is Cc1ccc(C)c(OC(C)[C@H](C)N)c1. The lowest BCUT2D eigenvalue weighted by Gasteiger charge is -2.19. The van der Waals surface area contributed by atoms with Gasteiger partial charge in [0.05, 0.1) is 0 Å². The Kier molecular flexibility index (Phi) is 3.53. The quantitative estimate of drug-likeness (QED) is 0.800. The summed E-state index contributed by atoms with van der Waals surface area (Å²) < 4.78 is 5.76. The Morgan fingerprint density at radius 1 is 1.21 bits per heavy atom. The summed E-state index contributed by atoms with van der Waals surface area (Å²) in [6, 6.07) is 6.25. The first-order valence-corrected chi connectivity index (χ1v) is 5.00. The topological polar surface area (TPSA) is 35.2 Å². The van der Waals surface area contributed by atoms with Crippen LogP contribution < -0.4 is 10.5 Å². The van der Waals surface area contributed by atoms with Crippen LogP contribution in [0.4, 0.5) is 0 Å². The van der Waals surface area contributed by atoms with E-state index in [9.17, 15) is 0 Å². The lowest BCUT2D eigenvalue weighted by Crippen LogP contribution is -2.33. The molecule has 0 fully saturated rings. The number of aryl methyl sites for hydroxylation is 2. The van der Waals surface area contributed by atoms with Gasteiger partial charge in [-0.2, -0.15) is 0 Å². The van der Waals surface area contributed by atoms with Gasteiger partial charge in [0.25, 0.3) is 0 Å². The Bertz CT molecular complexity index is 307. The van der Waals surface area contributed by atoms with Crippen LogP contribution in [0, 0.1) is 13.8 Å². The summed E-state index contributed by atoms with van der Waals surface area (Å²) in [6.45, 7) is 8.05. The van der Waals surface area contributed by atoms with Gasteiger partial charge < -0.3 is 10.5 Å². The zero-order chi connectivity index (χ0) is 10.7. The van der Waals surface area contributed by atoms with Crippen molar-refractivity contribution < 1.29 is 4.74 Å². The molecule has 0 saturated heterocycles. The minimum Gasteiger partial charge on any atom is -0.489 e. The number of nitrogens with two attached hydrogens (primary N) is 1. The smallest absolute Gasteiger partial charge is 0.122 e. The van der Waals surface area contributed by atoms with Crippen LogP contribution in [0.15, 0.2) is 18.2 Å². The standard InChI is InChI=1S/C12H19NO/c1-8-5-6-9(2)12(7-8)14-11(4)10(3)13/h5-7,10-11H,13H2,1-4H3/t10-,11?/m0/s1. The first kappa shape index (κ1) is 11.1. The molecule has 2 atom stereocenters. The van der Waals surface area contributed by atoms with E-state index in [1.165, 1.54) is 5.56 Å². The Balaban J connectivity index is 2.80. The third-order valence-electron chi connectivity index (χ3n) is 2.40. The first-order chi connectivity index (χ1) is 6.50. The summed E-state index contributed by atoms with van der Waals surface area (Å²) in [4.78, 5) is 0. The molecule has 2 heteroatoms. The molecule has 0 saturated carbocycles. The minimum atomic E-state index is 0.0508. The predicted molar refractivity (Wildman–Crippen MR) is 59.7 cm³/mol. The molecule has 14 heavy (non-hydrogen) atoms. The van der Waals surface area contributed by atoms with Gasteiger partial charge in [0.15, 0.2) is 0 Å². The second kappa shape index (κ2) is 4.47. The molecular weight excluding hydrogens is 174 g/mol. The fraction of sp³-hybridized carbons (Fsp3) is 0.500. The van der Waals surface area contributed by atoms with E-state index in [0.29, 0.717) is 0 Å². The number of hydrogen-bond acceptors (Lipinski definition) is 2. The summed E-state index contributed by atoms with van der Waals surface area (Å²) in [5.41, 5.74) is 8.11. The van der Waals surface area contributed by atoms with E-state index in [0.717, 1.165) is 11.3 Å². The van der Waals surface area contributed by atoms with E-state index in [1.807, 2.05) is 26.8 Å². The van der Waals surface area contributed by atoms with E-state index in [1.54, 1.807) is 0 Å². The van der Waals surface area contributed by atoms with Gasteiger partial charge in [-0.05, 0) is 44.9 Å². The second-order valence-corrected chi connectivity index (χ2v) is 3.95. The van der Waals surface area contributed by atoms with Crippen molar-refractivity contribution in [1.29, 1.82) is 0 Å². The highest BCUT2D eigenvalue weighted by Crippen LogP contribution is 2.20. The lowest BCUT2D eigenvalue weighted by molar-refractivity contribution is 0.195. The van der Waals surface area contributed by atoms with Crippen molar-refractivity contribution in [3.8, 4) is 5.75 Å². The molecule has 0 aliphatic heterocycles.